The van der Waals surface area contributed by atoms with Crippen LogP contribution in [0.3, 0.4) is 0 Å². The van der Waals surface area contributed by atoms with E-state index in [4.69, 9.17) is 4.42 Å². The van der Waals surface area contributed by atoms with E-state index in [2.05, 4.69) is 32.9 Å². The molecule has 168 valence electrons. The van der Waals surface area contributed by atoms with Crippen molar-refractivity contribution < 1.29 is 9.52 Å². The summed E-state index contributed by atoms with van der Waals surface area (Å²) in [5.74, 6) is 2.49. The van der Waals surface area contributed by atoms with Crippen molar-refractivity contribution in [3.8, 4) is 0 Å². The molecular formula is C22H30IN5O2S. The highest BCUT2D eigenvalue weighted by Crippen LogP contribution is 2.20. The second-order valence-electron chi connectivity index (χ2n) is 7.19. The van der Waals surface area contributed by atoms with Crippen LogP contribution < -0.4 is 10.6 Å². The smallest absolute Gasteiger partial charge is 0.191 e. The van der Waals surface area contributed by atoms with Gasteiger partial charge in [-0.3, -0.25) is 4.68 Å². The molecule has 7 nitrogen and oxygen atoms in total. The zero-order valence-corrected chi connectivity index (χ0v) is 21.0. The highest BCUT2D eigenvalue weighted by atomic mass is 127. The predicted molar refractivity (Wildman–Crippen MR) is 136 cm³/mol. The Morgan fingerprint density at radius 2 is 1.97 bits per heavy atom. The first-order valence-corrected chi connectivity index (χ1v) is 11.0. The molecule has 2 aromatic heterocycles. The number of hydrogen-bond donors (Lipinski definition) is 3. The molecule has 9 heteroatoms. The van der Waals surface area contributed by atoms with Crippen LogP contribution >= 0.6 is 35.7 Å². The summed E-state index contributed by atoms with van der Waals surface area (Å²) in [7, 11) is 1.83. The van der Waals surface area contributed by atoms with Gasteiger partial charge in [0, 0.05) is 49.0 Å². The molecule has 3 aromatic rings. The van der Waals surface area contributed by atoms with E-state index in [9.17, 15) is 5.11 Å². The van der Waals surface area contributed by atoms with Crippen LogP contribution in [0.2, 0.25) is 0 Å². The number of benzene rings is 1. The van der Waals surface area contributed by atoms with Crippen LogP contribution in [0, 0.1) is 0 Å². The molecule has 2 heterocycles. The van der Waals surface area contributed by atoms with Gasteiger partial charge >= 0.3 is 0 Å². The third-order valence-electron chi connectivity index (χ3n) is 4.52. The number of aliphatic hydroxyl groups is 1. The summed E-state index contributed by atoms with van der Waals surface area (Å²) < 4.78 is 7.06. The Morgan fingerprint density at radius 3 is 2.65 bits per heavy atom. The Kier molecular flexibility index (Phi) is 10.4. The first kappa shape index (κ1) is 25.3. The number of hydrogen-bond acceptors (Lipinski definition) is 5. The number of furan rings is 1. The number of aryl methyl sites for hydroxylation is 1. The van der Waals surface area contributed by atoms with Crippen LogP contribution in [0.1, 0.15) is 18.2 Å². The minimum atomic E-state index is -1.09. The van der Waals surface area contributed by atoms with Gasteiger partial charge in [0.25, 0.3) is 0 Å². The van der Waals surface area contributed by atoms with Crippen LogP contribution in [0.25, 0.3) is 0 Å². The third-order valence-corrected chi connectivity index (χ3v) is 5.54. The minimum absolute atomic E-state index is 0. The lowest BCUT2D eigenvalue weighted by molar-refractivity contribution is 0.0672. The Bertz CT molecular complexity index is 913. The molecule has 0 saturated carbocycles. The van der Waals surface area contributed by atoms with Crippen molar-refractivity contribution in [3.63, 3.8) is 0 Å². The normalized spacial score (nSPS) is 13.3. The largest absolute Gasteiger partial charge is 0.469 e. The lowest BCUT2D eigenvalue weighted by Crippen LogP contribution is -2.40. The number of nitrogens with one attached hydrogen (secondary N) is 2. The van der Waals surface area contributed by atoms with E-state index < -0.39 is 5.60 Å². The van der Waals surface area contributed by atoms with E-state index in [1.165, 1.54) is 4.90 Å². The van der Waals surface area contributed by atoms with Gasteiger partial charge in [0.2, 0.25) is 0 Å². The molecule has 1 unspecified atom stereocenters. The van der Waals surface area contributed by atoms with E-state index in [1.807, 2.05) is 43.6 Å². The molecule has 3 rings (SSSR count). The molecule has 0 amide bonds. The molecule has 0 aliphatic heterocycles. The SMILES string of the molecule is Cn1cc(C(C)(O)CN=C(NCCSc2ccccc2)NCCc2ccco2)cn1.I. The van der Waals surface area contributed by atoms with Crippen LogP contribution in [-0.2, 0) is 19.1 Å². The zero-order valence-electron chi connectivity index (χ0n) is 17.8. The molecular weight excluding hydrogens is 525 g/mol. The summed E-state index contributed by atoms with van der Waals surface area (Å²) in [4.78, 5) is 5.85. The molecule has 0 fully saturated rings. The lowest BCUT2D eigenvalue weighted by atomic mass is 10.0. The Labute approximate surface area is 204 Å². The monoisotopic (exact) mass is 555 g/mol. The van der Waals surface area contributed by atoms with Crippen LogP contribution in [0.15, 0.2) is 75.4 Å². The van der Waals surface area contributed by atoms with E-state index in [0.717, 1.165) is 30.0 Å². The number of thioether (sulfide) groups is 1. The van der Waals surface area contributed by atoms with Crippen LogP contribution in [-0.4, -0.2) is 46.2 Å². The van der Waals surface area contributed by atoms with E-state index in [1.54, 1.807) is 35.8 Å². The molecule has 0 spiro atoms. The Hall–Kier alpha value is -1.98. The van der Waals surface area contributed by atoms with Crippen molar-refractivity contribution in [2.75, 3.05) is 25.4 Å². The number of halogens is 1. The molecule has 0 saturated heterocycles. The number of nitrogens with zero attached hydrogens (tertiary/aromatic N) is 3. The third kappa shape index (κ3) is 8.58. The van der Waals surface area contributed by atoms with Crippen molar-refractivity contribution >= 4 is 41.7 Å². The fourth-order valence-electron chi connectivity index (χ4n) is 2.81. The fourth-order valence-corrected chi connectivity index (χ4v) is 3.60. The summed E-state index contributed by atoms with van der Waals surface area (Å²) in [6.45, 7) is 3.40. The molecule has 0 bridgehead atoms. The summed E-state index contributed by atoms with van der Waals surface area (Å²) in [6, 6.07) is 14.1. The van der Waals surface area contributed by atoms with Crippen molar-refractivity contribution in [3.05, 3.63) is 72.4 Å². The predicted octanol–water partition coefficient (Wildman–Crippen LogP) is 3.41. The second-order valence-corrected chi connectivity index (χ2v) is 8.35. The molecule has 1 aromatic carbocycles. The van der Waals surface area contributed by atoms with Gasteiger partial charge in [-0.25, -0.2) is 4.99 Å². The summed E-state index contributed by atoms with van der Waals surface area (Å²) in [5.41, 5.74) is -0.355. The van der Waals surface area contributed by atoms with Gasteiger partial charge in [-0.05, 0) is 31.2 Å². The van der Waals surface area contributed by atoms with E-state index in [-0.39, 0.29) is 30.5 Å². The first-order valence-electron chi connectivity index (χ1n) is 9.97. The average Bonchev–Trinajstić information content (AvgIpc) is 3.42. The maximum atomic E-state index is 10.8. The summed E-state index contributed by atoms with van der Waals surface area (Å²) >= 11 is 1.79. The molecule has 0 radical (unpaired) electrons. The molecule has 3 N–H and O–H groups in total. The topological polar surface area (TPSA) is 87.6 Å². The standard InChI is InChI=1S/C22H29N5O2S.HI/c1-22(28,18-15-26-27(2)16-18)17-25-21(23-11-10-19-7-6-13-29-19)24-12-14-30-20-8-4-3-5-9-20;/h3-9,13,15-16,28H,10-12,14,17H2,1-2H3,(H2,23,24,25);1H. The van der Waals surface area contributed by atoms with Gasteiger partial charge in [0.05, 0.1) is 19.0 Å². The number of rotatable bonds is 10. The lowest BCUT2D eigenvalue weighted by Gasteiger charge is -2.20. The zero-order chi connectivity index (χ0) is 21.2. The van der Waals surface area contributed by atoms with Gasteiger partial charge < -0.3 is 20.2 Å². The molecule has 0 aliphatic carbocycles. The quantitative estimate of drug-likeness (QED) is 0.117. The first-order chi connectivity index (χ1) is 14.5. The van der Waals surface area contributed by atoms with Gasteiger partial charge in [0.15, 0.2) is 5.96 Å². The van der Waals surface area contributed by atoms with E-state index in [0.29, 0.717) is 12.5 Å². The molecule has 1 atom stereocenters. The highest BCUT2D eigenvalue weighted by molar-refractivity contribution is 14.0. The molecule has 0 aliphatic rings. The number of guanidine groups is 1. The van der Waals surface area contributed by atoms with Crippen molar-refractivity contribution in [2.24, 2.45) is 12.0 Å². The van der Waals surface area contributed by atoms with E-state index >= 15 is 0 Å². The Balaban J connectivity index is 0.00000341. The van der Waals surface area contributed by atoms with Gasteiger partial charge in [-0.1, -0.05) is 18.2 Å². The minimum Gasteiger partial charge on any atom is -0.469 e. The van der Waals surface area contributed by atoms with Crippen molar-refractivity contribution in [1.82, 2.24) is 20.4 Å². The highest BCUT2D eigenvalue weighted by Gasteiger charge is 2.24. The van der Waals surface area contributed by atoms with Crippen LogP contribution in [0.4, 0.5) is 0 Å². The fraction of sp³-hybridized carbons (Fsp3) is 0.364. The van der Waals surface area contributed by atoms with Crippen molar-refractivity contribution in [2.45, 2.75) is 23.8 Å². The summed E-state index contributed by atoms with van der Waals surface area (Å²) in [6.07, 6.45) is 5.91. The maximum absolute atomic E-state index is 10.8. The van der Waals surface area contributed by atoms with Crippen LogP contribution in [0.5, 0.6) is 0 Å². The second kappa shape index (κ2) is 12.8. The number of aliphatic imine (C=N–C) groups is 1. The summed E-state index contributed by atoms with van der Waals surface area (Å²) in [5, 5.41) is 21.6. The number of aromatic nitrogens is 2. The molecule has 31 heavy (non-hydrogen) atoms. The van der Waals surface area contributed by atoms with Gasteiger partial charge in [-0.15, -0.1) is 35.7 Å². The average molecular weight is 555 g/mol. The van der Waals surface area contributed by atoms with Gasteiger partial charge in [0.1, 0.15) is 11.4 Å². The Morgan fingerprint density at radius 1 is 1.19 bits per heavy atom. The maximum Gasteiger partial charge on any atom is 0.191 e. The van der Waals surface area contributed by atoms with Gasteiger partial charge in [-0.2, -0.15) is 5.10 Å². The van der Waals surface area contributed by atoms with Crippen molar-refractivity contribution in [1.29, 1.82) is 0 Å².